The third-order valence-electron chi connectivity index (χ3n) is 4.02. The zero-order valence-corrected chi connectivity index (χ0v) is 17.7. The highest BCUT2D eigenvalue weighted by molar-refractivity contribution is 7.92. The number of halogens is 3. The quantitative estimate of drug-likeness (QED) is 0.493. The molecular formula is C21H15ClF2N2O5S. The number of carbonyl (C=O) groups is 2. The molecule has 1 amide bonds. The van der Waals surface area contributed by atoms with E-state index in [9.17, 15) is 26.8 Å². The van der Waals surface area contributed by atoms with Crippen LogP contribution in [-0.2, 0) is 19.6 Å². The molecule has 3 aromatic rings. The van der Waals surface area contributed by atoms with E-state index in [4.69, 9.17) is 16.3 Å². The van der Waals surface area contributed by atoms with E-state index in [1.54, 1.807) is 0 Å². The Hall–Kier alpha value is -3.50. The second-order valence-corrected chi connectivity index (χ2v) is 8.51. The van der Waals surface area contributed by atoms with Crippen molar-refractivity contribution in [2.45, 2.75) is 4.90 Å². The summed E-state index contributed by atoms with van der Waals surface area (Å²) in [5.41, 5.74) is -0.140. The molecule has 11 heteroatoms. The molecule has 32 heavy (non-hydrogen) atoms. The lowest BCUT2D eigenvalue weighted by Gasteiger charge is -2.10. The molecule has 0 saturated carbocycles. The molecule has 3 rings (SSSR count). The van der Waals surface area contributed by atoms with Crippen LogP contribution in [0, 0.1) is 11.6 Å². The molecule has 3 aromatic carbocycles. The van der Waals surface area contributed by atoms with Crippen LogP contribution < -0.4 is 10.0 Å². The maximum atomic E-state index is 13.7. The molecule has 0 atom stereocenters. The van der Waals surface area contributed by atoms with Crippen LogP contribution in [0.15, 0.2) is 71.6 Å². The van der Waals surface area contributed by atoms with Gasteiger partial charge in [0.2, 0.25) is 0 Å². The summed E-state index contributed by atoms with van der Waals surface area (Å²) in [5.74, 6) is -3.05. The van der Waals surface area contributed by atoms with Crippen molar-refractivity contribution in [1.82, 2.24) is 0 Å². The number of benzene rings is 3. The van der Waals surface area contributed by atoms with E-state index in [0.717, 1.165) is 24.3 Å². The first-order valence-corrected chi connectivity index (χ1v) is 10.8. The summed E-state index contributed by atoms with van der Waals surface area (Å²) in [6.45, 7) is -0.730. The highest BCUT2D eigenvalue weighted by Crippen LogP contribution is 2.20. The van der Waals surface area contributed by atoms with E-state index in [1.165, 1.54) is 42.5 Å². The first-order chi connectivity index (χ1) is 15.1. The summed E-state index contributed by atoms with van der Waals surface area (Å²) in [6, 6.07) is 13.2. The monoisotopic (exact) mass is 480 g/mol. The second kappa shape index (κ2) is 9.75. The normalized spacial score (nSPS) is 11.0. The van der Waals surface area contributed by atoms with Gasteiger partial charge in [-0.2, -0.15) is 0 Å². The minimum absolute atomic E-state index is 0.127. The molecule has 0 aromatic heterocycles. The van der Waals surface area contributed by atoms with Crippen LogP contribution in [0.3, 0.4) is 0 Å². The number of esters is 1. The van der Waals surface area contributed by atoms with Gasteiger partial charge in [-0.05, 0) is 60.7 Å². The predicted molar refractivity (Wildman–Crippen MR) is 114 cm³/mol. The molecule has 166 valence electrons. The Morgan fingerprint density at radius 1 is 0.969 bits per heavy atom. The van der Waals surface area contributed by atoms with E-state index in [1.807, 2.05) is 0 Å². The third-order valence-corrected chi connectivity index (χ3v) is 5.63. The molecule has 2 N–H and O–H groups in total. The van der Waals surface area contributed by atoms with Crippen LogP contribution >= 0.6 is 11.6 Å². The van der Waals surface area contributed by atoms with Crippen LogP contribution in [-0.4, -0.2) is 26.9 Å². The lowest BCUT2D eigenvalue weighted by molar-refractivity contribution is -0.119. The van der Waals surface area contributed by atoms with Gasteiger partial charge in [0.1, 0.15) is 11.6 Å². The smallest absolute Gasteiger partial charge is 0.338 e. The van der Waals surface area contributed by atoms with Crippen molar-refractivity contribution in [2.24, 2.45) is 0 Å². The minimum Gasteiger partial charge on any atom is -0.452 e. The van der Waals surface area contributed by atoms with Crippen LogP contribution in [0.5, 0.6) is 0 Å². The summed E-state index contributed by atoms with van der Waals surface area (Å²) in [5, 5.41) is 2.38. The van der Waals surface area contributed by atoms with Gasteiger partial charge in [0.25, 0.3) is 15.9 Å². The van der Waals surface area contributed by atoms with Gasteiger partial charge in [0, 0.05) is 10.7 Å². The minimum atomic E-state index is -4.07. The largest absolute Gasteiger partial charge is 0.452 e. The molecule has 0 fully saturated rings. The SMILES string of the molecule is O=C(COC(=O)c1cccc(S(=O)(=O)Nc2ccc(F)cc2)c1)Nc1ccc(Cl)cc1F. The highest BCUT2D eigenvalue weighted by Gasteiger charge is 2.18. The number of hydrogen-bond acceptors (Lipinski definition) is 5. The van der Waals surface area contributed by atoms with Crippen molar-refractivity contribution in [1.29, 1.82) is 0 Å². The van der Waals surface area contributed by atoms with Crippen molar-refractivity contribution in [3.05, 3.63) is 89.0 Å². The van der Waals surface area contributed by atoms with Crippen molar-refractivity contribution < 1.29 is 31.5 Å². The molecule has 0 heterocycles. The number of anilines is 2. The summed E-state index contributed by atoms with van der Waals surface area (Å²) < 4.78 is 58.9. The Kier molecular flexibility index (Phi) is 7.06. The number of amides is 1. The molecule has 0 unspecified atom stereocenters. The van der Waals surface area contributed by atoms with Gasteiger partial charge in [-0.1, -0.05) is 17.7 Å². The van der Waals surface area contributed by atoms with Crippen molar-refractivity contribution in [3.8, 4) is 0 Å². The van der Waals surface area contributed by atoms with Gasteiger partial charge in [-0.3, -0.25) is 9.52 Å². The van der Waals surface area contributed by atoms with Gasteiger partial charge in [-0.25, -0.2) is 22.0 Å². The van der Waals surface area contributed by atoms with Gasteiger partial charge in [-0.15, -0.1) is 0 Å². The average molecular weight is 481 g/mol. The first-order valence-electron chi connectivity index (χ1n) is 8.94. The molecule has 0 radical (unpaired) electrons. The van der Waals surface area contributed by atoms with E-state index < -0.39 is 40.1 Å². The topological polar surface area (TPSA) is 102 Å². The predicted octanol–water partition coefficient (Wildman–Crippen LogP) is 4.21. The Morgan fingerprint density at radius 2 is 1.69 bits per heavy atom. The van der Waals surface area contributed by atoms with Gasteiger partial charge in [0.15, 0.2) is 6.61 Å². The van der Waals surface area contributed by atoms with Gasteiger partial charge in [0.05, 0.1) is 16.1 Å². The van der Waals surface area contributed by atoms with Crippen LogP contribution in [0.1, 0.15) is 10.4 Å². The lowest BCUT2D eigenvalue weighted by atomic mass is 10.2. The number of ether oxygens (including phenoxy) is 1. The fourth-order valence-corrected chi connectivity index (χ4v) is 3.78. The van der Waals surface area contributed by atoms with E-state index in [2.05, 4.69) is 10.0 Å². The van der Waals surface area contributed by atoms with Crippen LogP contribution in [0.25, 0.3) is 0 Å². The van der Waals surface area contributed by atoms with Crippen molar-refractivity contribution in [3.63, 3.8) is 0 Å². The lowest BCUT2D eigenvalue weighted by Crippen LogP contribution is -2.21. The molecule has 0 aliphatic heterocycles. The number of nitrogens with one attached hydrogen (secondary N) is 2. The van der Waals surface area contributed by atoms with Crippen molar-refractivity contribution in [2.75, 3.05) is 16.6 Å². The fourth-order valence-electron chi connectivity index (χ4n) is 2.51. The highest BCUT2D eigenvalue weighted by atomic mass is 35.5. The zero-order chi connectivity index (χ0) is 23.3. The third kappa shape index (κ3) is 6.02. The summed E-state index contributed by atoms with van der Waals surface area (Å²) in [7, 11) is -4.07. The molecular weight excluding hydrogens is 466 g/mol. The summed E-state index contributed by atoms with van der Waals surface area (Å²) in [6.07, 6.45) is 0. The van der Waals surface area contributed by atoms with E-state index in [-0.39, 0.29) is 26.9 Å². The van der Waals surface area contributed by atoms with Crippen molar-refractivity contribution >= 4 is 44.9 Å². The Labute approximate surface area is 187 Å². The zero-order valence-electron chi connectivity index (χ0n) is 16.1. The standard InChI is InChI=1S/C21H15ClF2N2O5S/c22-14-4-9-19(18(24)11-14)25-20(27)12-31-21(28)13-2-1-3-17(10-13)32(29,30)26-16-7-5-15(23)6-8-16/h1-11,26H,12H2,(H,25,27). The van der Waals surface area contributed by atoms with Gasteiger partial charge < -0.3 is 10.1 Å². The number of hydrogen-bond donors (Lipinski definition) is 2. The molecule has 0 spiro atoms. The fraction of sp³-hybridized carbons (Fsp3) is 0.0476. The second-order valence-electron chi connectivity index (χ2n) is 6.39. The molecule has 0 saturated heterocycles. The molecule has 0 aliphatic rings. The molecule has 7 nitrogen and oxygen atoms in total. The number of sulfonamides is 1. The first kappa shape index (κ1) is 23.2. The Morgan fingerprint density at radius 3 is 2.38 bits per heavy atom. The molecule has 0 aliphatic carbocycles. The summed E-state index contributed by atoms with van der Waals surface area (Å²) >= 11 is 5.64. The van der Waals surface area contributed by atoms with Crippen LogP contribution in [0.4, 0.5) is 20.2 Å². The maximum Gasteiger partial charge on any atom is 0.338 e. The maximum absolute atomic E-state index is 13.7. The summed E-state index contributed by atoms with van der Waals surface area (Å²) in [4.78, 5) is 23.9. The van der Waals surface area contributed by atoms with E-state index >= 15 is 0 Å². The number of rotatable bonds is 7. The van der Waals surface area contributed by atoms with Gasteiger partial charge >= 0.3 is 5.97 Å². The average Bonchev–Trinajstić information content (AvgIpc) is 2.75. The van der Waals surface area contributed by atoms with E-state index in [0.29, 0.717) is 0 Å². The Balaban J connectivity index is 1.64. The number of carbonyl (C=O) groups excluding carboxylic acids is 2. The molecule has 0 bridgehead atoms. The van der Waals surface area contributed by atoms with Crippen LogP contribution in [0.2, 0.25) is 5.02 Å². The Bertz CT molecular complexity index is 1270.